The van der Waals surface area contributed by atoms with Gasteiger partial charge in [-0.3, -0.25) is 4.79 Å². The summed E-state index contributed by atoms with van der Waals surface area (Å²) in [5.74, 6) is 0.452. The molecule has 0 unspecified atom stereocenters. The van der Waals surface area contributed by atoms with Gasteiger partial charge in [-0.2, -0.15) is 5.10 Å². The molecule has 0 atom stereocenters. The summed E-state index contributed by atoms with van der Waals surface area (Å²) >= 11 is 6.36. The van der Waals surface area contributed by atoms with Gasteiger partial charge in [0.1, 0.15) is 0 Å². The highest BCUT2D eigenvalue weighted by atomic mass is 35.5. The molecule has 0 aliphatic heterocycles. The first kappa shape index (κ1) is 14.8. The zero-order chi connectivity index (χ0) is 16.0. The molecule has 1 amide bonds. The van der Waals surface area contributed by atoms with Gasteiger partial charge in [-0.25, -0.2) is 4.68 Å². The minimum atomic E-state index is 0.0320. The molecule has 0 radical (unpaired) electrons. The summed E-state index contributed by atoms with van der Waals surface area (Å²) in [6, 6.07) is 8.02. The summed E-state index contributed by atoms with van der Waals surface area (Å²) in [6.07, 6.45) is 5.16. The number of amides is 1. The molecule has 2 fully saturated rings. The Kier molecular flexibility index (Phi) is 3.64. The fraction of sp³-hybridized carbons (Fsp3) is 0.444. The summed E-state index contributed by atoms with van der Waals surface area (Å²) in [7, 11) is 0. The van der Waals surface area contributed by atoms with E-state index in [-0.39, 0.29) is 5.91 Å². The lowest BCUT2D eigenvalue weighted by molar-refractivity contribution is 0.0949. The molecule has 2 aromatic rings. The average molecular weight is 330 g/mol. The van der Waals surface area contributed by atoms with Crippen LogP contribution in [-0.2, 0) is 6.42 Å². The third-order valence-electron chi connectivity index (χ3n) is 4.53. The van der Waals surface area contributed by atoms with Crippen molar-refractivity contribution in [3.8, 4) is 5.69 Å². The number of nitrogens with zero attached hydrogens (tertiary/aromatic N) is 2. The highest BCUT2D eigenvalue weighted by Crippen LogP contribution is 2.42. The Balaban J connectivity index is 1.83. The van der Waals surface area contributed by atoms with Crippen LogP contribution in [0.15, 0.2) is 24.3 Å². The van der Waals surface area contributed by atoms with Crippen LogP contribution < -0.4 is 5.32 Å². The topological polar surface area (TPSA) is 46.9 Å². The minimum absolute atomic E-state index is 0.0320. The molecule has 4 rings (SSSR count). The average Bonchev–Trinajstić information content (AvgIpc) is 3.46. The van der Waals surface area contributed by atoms with Gasteiger partial charge in [0.05, 0.1) is 27.7 Å². The van der Waals surface area contributed by atoms with E-state index in [0.717, 1.165) is 54.7 Å². The molecule has 1 aromatic heterocycles. The molecule has 23 heavy (non-hydrogen) atoms. The Morgan fingerprint density at radius 3 is 2.65 bits per heavy atom. The molecular weight excluding hydrogens is 310 g/mol. The van der Waals surface area contributed by atoms with Gasteiger partial charge in [-0.15, -0.1) is 0 Å². The Morgan fingerprint density at radius 2 is 2.04 bits per heavy atom. The van der Waals surface area contributed by atoms with Crippen molar-refractivity contribution < 1.29 is 4.79 Å². The van der Waals surface area contributed by atoms with Crippen molar-refractivity contribution in [2.45, 2.75) is 51.0 Å². The zero-order valence-corrected chi connectivity index (χ0v) is 13.9. The molecule has 1 N–H and O–H groups in total. The number of rotatable bonds is 5. The van der Waals surface area contributed by atoms with E-state index < -0.39 is 0 Å². The number of halogens is 1. The molecule has 2 aliphatic carbocycles. The maximum Gasteiger partial charge on any atom is 0.255 e. The van der Waals surface area contributed by atoms with Gasteiger partial charge in [0.25, 0.3) is 5.91 Å². The van der Waals surface area contributed by atoms with Crippen molar-refractivity contribution in [2.75, 3.05) is 0 Å². The number of nitrogens with one attached hydrogen (secondary N) is 1. The van der Waals surface area contributed by atoms with Gasteiger partial charge in [0, 0.05) is 12.0 Å². The maximum absolute atomic E-state index is 12.8. The van der Waals surface area contributed by atoms with E-state index in [1.54, 1.807) is 0 Å². The molecule has 0 saturated heterocycles. The van der Waals surface area contributed by atoms with E-state index in [2.05, 4.69) is 12.2 Å². The summed E-state index contributed by atoms with van der Waals surface area (Å²) in [4.78, 5) is 12.8. The van der Waals surface area contributed by atoms with Crippen LogP contribution in [0.3, 0.4) is 0 Å². The van der Waals surface area contributed by atoms with Crippen LogP contribution in [-0.4, -0.2) is 21.7 Å². The normalized spacial score (nSPS) is 17.3. The smallest absolute Gasteiger partial charge is 0.255 e. The number of aromatic nitrogens is 2. The van der Waals surface area contributed by atoms with E-state index in [1.807, 2.05) is 28.9 Å². The van der Waals surface area contributed by atoms with E-state index in [4.69, 9.17) is 16.7 Å². The largest absolute Gasteiger partial charge is 0.349 e. The van der Waals surface area contributed by atoms with Crippen LogP contribution >= 0.6 is 11.6 Å². The summed E-state index contributed by atoms with van der Waals surface area (Å²) in [6.45, 7) is 2.06. The van der Waals surface area contributed by atoms with Crippen LogP contribution in [0.25, 0.3) is 5.69 Å². The van der Waals surface area contributed by atoms with Crippen molar-refractivity contribution in [3.05, 3.63) is 46.2 Å². The predicted octanol–water partition coefficient (Wildman–Crippen LogP) is 3.86. The van der Waals surface area contributed by atoms with Crippen molar-refractivity contribution in [1.82, 2.24) is 15.1 Å². The Bertz CT molecular complexity index is 760. The standard InChI is InChI=1S/C18H20ClN3O/c1-2-14-16(18(23)20-12-9-10-12)17(11-7-8-11)21-22(14)15-6-4-3-5-13(15)19/h3-6,11-12H,2,7-10H2,1H3,(H,20,23). The fourth-order valence-corrected chi connectivity index (χ4v) is 3.21. The van der Waals surface area contributed by atoms with Gasteiger partial charge >= 0.3 is 0 Å². The number of para-hydroxylation sites is 1. The highest BCUT2D eigenvalue weighted by molar-refractivity contribution is 6.32. The zero-order valence-electron chi connectivity index (χ0n) is 13.2. The lowest BCUT2D eigenvalue weighted by Crippen LogP contribution is -2.27. The van der Waals surface area contributed by atoms with Crippen LogP contribution in [0, 0.1) is 0 Å². The molecule has 0 spiro atoms. The Morgan fingerprint density at radius 1 is 1.30 bits per heavy atom. The molecule has 2 aliphatic rings. The quantitative estimate of drug-likeness (QED) is 0.905. The Labute approximate surface area is 140 Å². The predicted molar refractivity (Wildman–Crippen MR) is 90.4 cm³/mol. The second kappa shape index (κ2) is 5.68. The van der Waals surface area contributed by atoms with Gasteiger partial charge < -0.3 is 5.32 Å². The summed E-state index contributed by atoms with van der Waals surface area (Å²) < 4.78 is 1.87. The highest BCUT2D eigenvalue weighted by Gasteiger charge is 2.36. The van der Waals surface area contributed by atoms with E-state index >= 15 is 0 Å². The molecule has 1 heterocycles. The lowest BCUT2D eigenvalue weighted by Gasteiger charge is -2.09. The molecule has 4 nitrogen and oxygen atoms in total. The third kappa shape index (κ3) is 2.76. The molecule has 0 bridgehead atoms. The number of carbonyl (C=O) groups is 1. The first-order valence-electron chi connectivity index (χ1n) is 8.36. The molecule has 120 valence electrons. The summed E-state index contributed by atoms with van der Waals surface area (Å²) in [5.41, 5.74) is 3.53. The van der Waals surface area contributed by atoms with E-state index in [9.17, 15) is 4.79 Å². The number of benzene rings is 1. The van der Waals surface area contributed by atoms with Crippen molar-refractivity contribution in [1.29, 1.82) is 0 Å². The first-order chi connectivity index (χ1) is 11.2. The van der Waals surface area contributed by atoms with E-state index in [1.165, 1.54) is 0 Å². The number of carbonyl (C=O) groups excluding carboxylic acids is 1. The summed E-state index contributed by atoms with van der Waals surface area (Å²) in [5, 5.41) is 8.57. The second-order valence-corrected chi connectivity index (χ2v) is 6.85. The van der Waals surface area contributed by atoms with Crippen molar-refractivity contribution in [3.63, 3.8) is 0 Å². The SMILES string of the molecule is CCc1c(C(=O)NC2CC2)c(C2CC2)nn1-c1ccccc1Cl. The fourth-order valence-electron chi connectivity index (χ4n) is 3.00. The van der Waals surface area contributed by atoms with Crippen LogP contribution in [0.2, 0.25) is 5.02 Å². The van der Waals surface area contributed by atoms with Gasteiger partial charge in [-0.1, -0.05) is 30.7 Å². The number of hydrogen-bond acceptors (Lipinski definition) is 2. The second-order valence-electron chi connectivity index (χ2n) is 6.45. The first-order valence-corrected chi connectivity index (χ1v) is 8.74. The van der Waals surface area contributed by atoms with Crippen LogP contribution in [0.1, 0.15) is 60.3 Å². The van der Waals surface area contributed by atoms with Gasteiger partial charge in [0.2, 0.25) is 0 Å². The monoisotopic (exact) mass is 329 g/mol. The van der Waals surface area contributed by atoms with Gasteiger partial charge in [0.15, 0.2) is 0 Å². The molecule has 1 aromatic carbocycles. The lowest BCUT2D eigenvalue weighted by atomic mass is 10.1. The van der Waals surface area contributed by atoms with Crippen LogP contribution in [0.4, 0.5) is 0 Å². The van der Waals surface area contributed by atoms with E-state index in [0.29, 0.717) is 17.0 Å². The third-order valence-corrected chi connectivity index (χ3v) is 4.85. The minimum Gasteiger partial charge on any atom is -0.349 e. The maximum atomic E-state index is 12.8. The number of hydrogen-bond donors (Lipinski definition) is 1. The molecule has 5 heteroatoms. The Hall–Kier alpha value is -1.81. The molecular formula is C18H20ClN3O. The van der Waals surface area contributed by atoms with Crippen molar-refractivity contribution in [2.24, 2.45) is 0 Å². The molecule has 2 saturated carbocycles. The van der Waals surface area contributed by atoms with Crippen LogP contribution in [0.5, 0.6) is 0 Å². The van der Waals surface area contributed by atoms with Gasteiger partial charge in [-0.05, 0) is 44.2 Å². The van der Waals surface area contributed by atoms with Crippen molar-refractivity contribution >= 4 is 17.5 Å².